The van der Waals surface area contributed by atoms with Crippen LogP contribution in [-0.4, -0.2) is 31.8 Å². The first-order valence-electron chi connectivity index (χ1n) is 12.3. The fourth-order valence-electron chi connectivity index (χ4n) is 4.68. The Balaban J connectivity index is 1.99. The third-order valence-corrected chi connectivity index (χ3v) is 6.49. The summed E-state index contributed by atoms with van der Waals surface area (Å²) in [4.78, 5) is 5.24. The van der Waals surface area contributed by atoms with E-state index in [0.717, 1.165) is 38.4 Å². The lowest BCUT2D eigenvalue weighted by molar-refractivity contribution is 0.0295. The molecule has 0 radical (unpaired) electrons. The van der Waals surface area contributed by atoms with E-state index in [-0.39, 0.29) is 6.10 Å². The Labute approximate surface area is 174 Å². The molecule has 0 aliphatic heterocycles. The highest BCUT2D eigenvalue weighted by molar-refractivity contribution is 5.06. The van der Waals surface area contributed by atoms with Crippen LogP contribution in [0.3, 0.4) is 0 Å². The van der Waals surface area contributed by atoms with E-state index < -0.39 is 0 Å². The molecule has 28 heavy (non-hydrogen) atoms. The van der Waals surface area contributed by atoms with Gasteiger partial charge in [0.25, 0.3) is 0 Å². The SMILES string of the molecule is CCC(ON)C1C(CCCCN)C1NCCCCCCCCCCCCCN. The molecule has 0 aromatic heterocycles. The molecule has 5 heteroatoms. The lowest BCUT2D eigenvalue weighted by Gasteiger charge is -2.12. The molecule has 1 aliphatic carbocycles. The van der Waals surface area contributed by atoms with Crippen LogP contribution in [0.25, 0.3) is 0 Å². The van der Waals surface area contributed by atoms with E-state index in [1.165, 1.54) is 83.5 Å². The Kier molecular flexibility index (Phi) is 16.3. The lowest BCUT2D eigenvalue weighted by Crippen LogP contribution is -2.26. The minimum atomic E-state index is 0.204. The molecule has 1 saturated carbocycles. The fourth-order valence-corrected chi connectivity index (χ4v) is 4.68. The minimum Gasteiger partial charge on any atom is -0.330 e. The van der Waals surface area contributed by atoms with Crippen LogP contribution in [0.4, 0.5) is 0 Å². The minimum absolute atomic E-state index is 0.204. The van der Waals surface area contributed by atoms with Gasteiger partial charge >= 0.3 is 0 Å². The molecule has 0 aromatic rings. The average molecular weight is 399 g/mol. The largest absolute Gasteiger partial charge is 0.330 e. The van der Waals surface area contributed by atoms with Crippen LogP contribution < -0.4 is 22.7 Å². The summed E-state index contributed by atoms with van der Waals surface area (Å²) >= 11 is 0. The topological polar surface area (TPSA) is 99.3 Å². The van der Waals surface area contributed by atoms with E-state index in [2.05, 4.69) is 12.2 Å². The molecule has 7 N–H and O–H groups in total. The van der Waals surface area contributed by atoms with Crippen molar-refractivity contribution in [2.45, 2.75) is 115 Å². The summed E-state index contributed by atoms with van der Waals surface area (Å²) in [5.74, 6) is 6.85. The maximum Gasteiger partial charge on any atom is 0.0831 e. The van der Waals surface area contributed by atoms with E-state index in [4.69, 9.17) is 22.2 Å². The molecule has 5 nitrogen and oxygen atoms in total. The molecule has 0 spiro atoms. The molecule has 4 atom stereocenters. The highest BCUT2D eigenvalue weighted by Gasteiger charge is 2.52. The van der Waals surface area contributed by atoms with Crippen LogP contribution in [0, 0.1) is 11.8 Å². The first-order valence-corrected chi connectivity index (χ1v) is 12.3. The number of unbranched alkanes of at least 4 members (excludes halogenated alkanes) is 11. The maximum absolute atomic E-state index is 5.64. The van der Waals surface area contributed by atoms with Crippen molar-refractivity contribution in [3.05, 3.63) is 0 Å². The number of nitrogens with one attached hydrogen (secondary N) is 1. The molecule has 4 unspecified atom stereocenters. The van der Waals surface area contributed by atoms with Crippen molar-refractivity contribution in [2.75, 3.05) is 19.6 Å². The van der Waals surface area contributed by atoms with Gasteiger partial charge in [-0.2, -0.15) is 0 Å². The van der Waals surface area contributed by atoms with Crippen LogP contribution in [-0.2, 0) is 4.84 Å². The highest BCUT2D eigenvalue weighted by atomic mass is 16.6. The summed E-state index contributed by atoms with van der Waals surface area (Å²) in [6.07, 6.45) is 19.7. The Morgan fingerprint density at radius 3 is 1.75 bits per heavy atom. The normalized spacial score (nSPS) is 22.5. The van der Waals surface area contributed by atoms with Gasteiger partial charge in [0, 0.05) is 12.0 Å². The standard InChI is InChI=1S/C23H50N4O/c1-2-21(28-26)22-20(16-12-14-18-25)23(22)27-19-15-11-9-7-5-3-4-6-8-10-13-17-24/h20-23,27H,2-19,24-26H2,1H3. The number of hydrogen-bond acceptors (Lipinski definition) is 5. The van der Waals surface area contributed by atoms with Crippen LogP contribution in [0.1, 0.15) is 103 Å². The molecule has 0 saturated heterocycles. The van der Waals surface area contributed by atoms with Crippen molar-refractivity contribution in [2.24, 2.45) is 29.2 Å². The van der Waals surface area contributed by atoms with Gasteiger partial charge in [-0.1, -0.05) is 71.1 Å². The Morgan fingerprint density at radius 2 is 1.25 bits per heavy atom. The lowest BCUT2D eigenvalue weighted by atomic mass is 10.1. The second-order valence-electron chi connectivity index (χ2n) is 8.77. The van der Waals surface area contributed by atoms with Gasteiger partial charge in [-0.05, 0) is 57.7 Å². The van der Waals surface area contributed by atoms with Gasteiger partial charge in [-0.3, -0.25) is 0 Å². The van der Waals surface area contributed by atoms with E-state index in [1.54, 1.807) is 0 Å². The molecule has 1 aliphatic rings. The molecule has 0 amide bonds. The number of nitrogens with two attached hydrogens (primary N) is 3. The summed E-state index contributed by atoms with van der Waals surface area (Å²) in [5, 5.41) is 3.79. The van der Waals surface area contributed by atoms with Crippen molar-refractivity contribution in [1.29, 1.82) is 0 Å². The molecule has 1 fully saturated rings. The molecule has 0 heterocycles. The van der Waals surface area contributed by atoms with Crippen molar-refractivity contribution in [1.82, 2.24) is 5.32 Å². The van der Waals surface area contributed by atoms with Crippen molar-refractivity contribution < 1.29 is 4.84 Å². The van der Waals surface area contributed by atoms with Gasteiger partial charge < -0.3 is 21.6 Å². The zero-order valence-corrected chi connectivity index (χ0v) is 18.7. The van der Waals surface area contributed by atoms with E-state index in [1.807, 2.05) is 0 Å². The van der Waals surface area contributed by atoms with Gasteiger partial charge in [0.15, 0.2) is 0 Å². The zero-order valence-electron chi connectivity index (χ0n) is 18.7. The fraction of sp³-hybridized carbons (Fsp3) is 1.00. The monoisotopic (exact) mass is 398 g/mol. The van der Waals surface area contributed by atoms with Crippen LogP contribution in [0.2, 0.25) is 0 Å². The van der Waals surface area contributed by atoms with Crippen molar-refractivity contribution >= 4 is 0 Å². The molecular formula is C23H50N4O. The van der Waals surface area contributed by atoms with Gasteiger partial charge in [0.2, 0.25) is 0 Å². The zero-order chi connectivity index (χ0) is 20.5. The summed E-state index contributed by atoms with van der Waals surface area (Å²) in [6.45, 7) is 4.96. The predicted octanol–water partition coefficient (Wildman–Crippen LogP) is 4.24. The smallest absolute Gasteiger partial charge is 0.0831 e. The second kappa shape index (κ2) is 17.6. The molecular weight excluding hydrogens is 348 g/mol. The summed E-state index contributed by atoms with van der Waals surface area (Å²) < 4.78 is 0. The van der Waals surface area contributed by atoms with Gasteiger partial charge in [-0.25, -0.2) is 5.90 Å². The van der Waals surface area contributed by atoms with Crippen LogP contribution in [0.5, 0.6) is 0 Å². The molecule has 168 valence electrons. The van der Waals surface area contributed by atoms with Gasteiger partial charge in [0.1, 0.15) is 0 Å². The summed E-state index contributed by atoms with van der Waals surface area (Å²) in [6, 6.07) is 0.602. The quantitative estimate of drug-likeness (QED) is 0.171. The number of rotatable bonds is 21. The summed E-state index contributed by atoms with van der Waals surface area (Å²) in [5.41, 5.74) is 11.2. The third-order valence-electron chi connectivity index (χ3n) is 6.49. The summed E-state index contributed by atoms with van der Waals surface area (Å²) in [7, 11) is 0. The van der Waals surface area contributed by atoms with Gasteiger partial charge in [-0.15, -0.1) is 0 Å². The Morgan fingerprint density at radius 1 is 0.750 bits per heavy atom. The van der Waals surface area contributed by atoms with E-state index in [0.29, 0.717) is 12.0 Å². The second-order valence-corrected chi connectivity index (χ2v) is 8.77. The Bertz CT molecular complexity index is 339. The molecule has 1 rings (SSSR count). The van der Waals surface area contributed by atoms with Crippen LogP contribution >= 0.6 is 0 Å². The average Bonchev–Trinajstić information content (AvgIpc) is 3.39. The molecule has 0 aromatic carbocycles. The van der Waals surface area contributed by atoms with Crippen molar-refractivity contribution in [3.8, 4) is 0 Å². The Hall–Kier alpha value is -0.200. The number of hydrogen-bond donors (Lipinski definition) is 4. The first kappa shape index (κ1) is 25.8. The third kappa shape index (κ3) is 11.1. The van der Waals surface area contributed by atoms with E-state index >= 15 is 0 Å². The van der Waals surface area contributed by atoms with Crippen molar-refractivity contribution in [3.63, 3.8) is 0 Å². The van der Waals surface area contributed by atoms with Gasteiger partial charge in [0.05, 0.1) is 6.10 Å². The predicted molar refractivity (Wildman–Crippen MR) is 121 cm³/mol. The maximum atomic E-state index is 5.64. The molecule has 0 bridgehead atoms. The van der Waals surface area contributed by atoms with E-state index in [9.17, 15) is 0 Å². The highest BCUT2D eigenvalue weighted by Crippen LogP contribution is 2.46. The van der Waals surface area contributed by atoms with Crippen LogP contribution in [0.15, 0.2) is 0 Å². The first-order chi connectivity index (χ1) is 13.8.